The van der Waals surface area contributed by atoms with E-state index in [0.717, 1.165) is 6.42 Å². The van der Waals surface area contributed by atoms with Crippen LogP contribution in [-0.2, 0) is 19.4 Å². The Kier molecular flexibility index (Phi) is 5.87. The van der Waals surface area contributed by atoms with Gasteiger partial charge in [0, 0.05) is 18.7 Å². The molecule has 1 saturated heterocycles. The monoisotopic (exact) mass is 372 g/mol. The van der Waals surface area contributed by atoms with Crippen molar-refractivity contribution < 1.29 is 18.0 Å². The SMILES string of the molecule is CC(C)CS(=O)(=O)CC(=O)Nc1cc(N2CCCC2=O)ccc1Cl. The molecule has 1 aromatic rings. The van der Waals surface area contributed by atoms with Crippen LogP contribution in [-0.4, -0.2) is 38.3 Å². The summed E-state index contributed by atoms with van der Waals surface area (Å²) < 4.78 is 23.8. The number of hydrogen-bond acceptors (Lipinski definition) is 4. The Morgan fingerprint density at radius 2 is 2.08 bits per heavy atom. The minimum atomic E-state index is -3.47. The highest BCUT2D eigenvalue weighted by Crippen LogP contribution is 2.30. The third-order valence-corrected chi connectivity index (χ3v) is 5.75. The molecule has 1 aliphatic heterocycles. The van der Waals surface area contributed by atoms with E-state index in [1.165, 1.54) is 0 Å². The van der Waals surface area contributed by atoms with Gasteiger partial charge in [0.25, 0.3) is 0 Å². The number of carbonyl (C=O) groups is 2. The molecule has 0 aromatic heterocycles. The van der Waals surface area contributed by atoms with Gasteiger partial charge in [-0.05, 0) is 30.5 Å². The van der Waals surface area contributed by atoms with Crippen molar-refractivity contribution in [3.8, 4) is 0 Å². The highest BCUT2D eigenvalue weighted by molar-refractivity contribution is 7.92. The van der Waals surface area contributed by atoms with E-state index in [4.69, 9.17) is 11.6 Å². The van der Waals surface area contributed by atoms with Gasteiger partial charge >= 0.3 is 0 Å². The lowest BCUT2D eigenvalue weighted by molar-refractivity contribution is -0.117. The van der Waals surface area contributed by atoms with Gasteiger partial charge in [0.15, 0.2) is 9.84 Å². The zero-order chi connectivity index (χ0) is 17.9. The van der Waals surface area contributed by atoms with E-state index >= 15 is 0 Å². The first-order valence-electron chi connectivity index (χ1n) is 7.78. The minimum absolute atomic E-state index is 0.0223. The molecule has 0 aliphatic carbocycles. The van der Waals surface area contributed by atoms with Crippen LogP contribution in [0.5, 0.6) is 0 Å². The van der Waals surface area contributed by atoms with Crippen molar-refractivity contribution in [2.24, 2.45) is 5.92 Å². The molecular formula is C16H21ClN2O4S. The Bertz CT molecular complexity index is 746. The summed E-state index contributed by atoms with van der Waals surface area (Å²) in [6, 6.07) is 4.88. The van der Waals surface area contributed by atoms with Crippen molar-refractivity contribution in [1.29, 1.82) is 0 Å². The van der Waals surface area contributed by atoms with Gasteiger partial charge in [-0.2, -0.15) is 0 Å². The lowest BCUT2D eigenvalue weighted by Gasteiger charge is -2.17. The molecule has 1 N–H and O–H groups in total. The lowest BCUT2D eigenvalue weighted by atomic mass is 10.2. The van der Waals surface area contributed by atoms with Crippen LogP contribution in [0.4, 0.5) is 11.4 Å². The van der Waals surface area contributed by atoms with Crippen LogP contribution in [0.1, 0.15) is 26.7 Å². The first-order chi connectivity index (χ1) is 11.2. The zero-order valence-corrected chi connectivity index (χ0v) is 15.3. The summed E-state index contributed by atoms with van der Waals surface area (Å²) in [5, 5.41) is 2.82. The van der Waals surface area contributed by atoms with Crippen LogP contribution in [0.25, 0.3) is 0 Å². The molecule has 0 bridgehead atoms. The van der Waals surface area contributed by atoms with Gasteiger partial charge in [-0.1, -0.05) is 25.4 Å². The molecule has 0 unspecified atom stereocenters. The van der Waals surface area contributed by atoms with Gasteiger partial charge in [-0.3, -0.25) is 9.59 Å². The Hall–Kier alpha value is -1.60. The van der Waals surface area contributed by atoms with E-state index in [-0.39, 0.29) is 17.6 Å². The molecule has 8 heteroatoms. The fourth-order valence-corrected chi connectivity index (χ4v) is 4.42. The number of rotatable bonds is 6. The van der Waals surface area contributed by atoms with Gasteiger partial charge in [-0.25, -0.2) is 8.42 Å². The van der Waals surface area contributed by atoms with E-state index in [0.29, 0.717) is 29.4 Å². The zero-order valence-electron chi connectivity index (χ0n) is 13.7. The molecule has 0 spiro atoms. The van der Waals surface area contributed by atoms with Gasteiger partial charge < -0.3 is 10.2 Å². The normalized spacial score (nSPS) is 15.2. The topological polar surface area (TPSA) is 83.6 Å². The number of carbonyl (C=O) groups excluding carboxylic acids is 2. The average Bonchev–Trinajstić information content (AvgIpc) is 2.85. The predicted octanol–water partition coefficient (Wildman–Crippen LogP) is 2.48. The Labute approximate surface area is 147 Å². The van der Waals surface area contributed by atoms with Crippen molar-refractivity contribution in [1.82, 2.24) is 0 Å². The van der Waals surface area contributed by atoms with Crippen LogP contribution >= 0.6 is 11.6 Å². The van der Waals surface area contributed by atoms with Crippen molar-refractivity contribution in [3.63, 3.8) is 0 Å². The molecule has 2 rings (SSSR count). The number of sulfone groups is 1. The summed E-state index contributed by atoms with van der Waals surface area (Å²) in [4.78, 5) is 25.5. The molecule has 132 valence electrons. The fourth-order valence-electron chi connectivity index (χ4n) is 2.65. The molecule has 2 amide bonds. The number of halogens is 1. The third-order valence-electron chi connectivity index (χ3n) is 3.55. The van der Waals surface area contributed by atoms with Gasteiger partial charge in [0.2, 0.25) is 11.8 Å². The number of nitrogens with zero attached hydrogens (tertiary/aromatic N) is 1. The smallest absolute Gasteiger partial charge is 0.239 e. The Balaban J connectivity index is 2.11. The molecule has 1 aliphatic rings. The first kappa shape index (κ1) is 18.7. The second-order valence-electron chi connectivity index (χ2n) is 6.31. The fraction of sp³-hybridized carbons (Fsp3) is 0.500. The standard InChI is InChI=1S/C16H21ClN2O4S/c1-11(2)9-24(22,23)10-15(20)18-14-8-12(5-6-13(14)17)19-7-3-4-16(19)21/h5-6,8,11H,3-4,7,9-10H2,1-2H3,(H,18,20). The Morgan fingerprint density at radius 3 is 2.67 bits per heavy atom. The van der Waals surface area contributed by atoms with Crippen LogP contribution < -0.4 is 10.2 Å². The number of benzene rings is 1. The number of hydrogen-bond donors (Lipinski definition) is 1. The summed E-state index contributed by atoms with van der Waals surface area (Å²) >= 11 is 6.07. The average molecular weight is 373 g/mol. The summed E-state index contributed by atoms with van der Waals surface area (Å²) in [6.45, 7) is 4.18. The number of anilines is 2. The quantitative estimate of drug-likeness (QED) is 0.831. The molecule has 1 heterocycles. The maximum absolute atomic E-state index is 12.0. The number of nitrogens with one attached hydrogen (secondary N) is 1. The summed E-state index contributed by atoms with van der Waals surface area (Å²) in [5.41, 5.74) is 0.945. The maximum Gasteiger partial charge on any atom is 0.239 e. The molecule has 0 atom stereocenters. The van der Waals surface area contributed by atoms with E-state index in [2.05, 4.69) is 5.32 Å². The van der Waals surface area contributed by atoms with Crippen LogP contribution in [0.3, 0.4) is 0 Å². The summed E-state index contributed by atoms with van der Waals surface area (Å²) in [7, 11) is -3.47. The van der Waals surface area contributed by atoms with Gasteiger partial charge in [0.05, 0.1) is 16.5 Å². The van der Waals surface area contributed by atoms with Crippen molar-refractivity contribution in [2.75, 3.05) is 28.3 Å². The molecule has 6 nitrogen and oxygen atoms in total. The predicted molar refractivity (Wildman–Crippen MR) is 95.2 cm³/mol. The van der Waals surface area contributed by atoms with Gasteiger partial charge in [0.1, 0.15) is 5.75 Å². The van der Waals surface area contributed by atoms with Crippen LogP contribution in [0.15, 0.2) is 18.2 Å². The highest BCUT2D eigenvalue weighted by atomic mass is 35.5. The molecule has 24 heavy (non-hydrogen) atoms. The number of amides is 2. The molecular weight excluding hydrogens is 352 g/mol. The van der Waals surface area contributed by atoms with E-state index < -0.39 is 21.5 Å². The second kappa shape index (κ2) is 7.53. The van der Waals surface area contributed by atoms with Crippen LogP contribution in [0.2, 0.25) is 5.02 Å². The van der Waals surface area contributed by atoms with Crippen molar-refractivity contribution >= 4 is 44.6 Å². The second-order valence-corrected chi connectivity index (χ2v) is 8.83. The van der Waals surface area contributed by atoms with Crippen molar-refractivity contribution in [2.45, 2.75) is 26.7 Å². The molecule has 0 saturated carbocycles. The van der Waals surface area contributed by atoms with Crippen molar-refractivity contribution in [3.05, 3.63) is 23.2 Å². The van der Waals surface area contributed by atoms with Gasteiger partial charge in [-0.15, -0.1) is 0 Å². The van der Waals surface area contributed by atoms with Crippen LogP contribution in [0, 0.1) is 5.92 Å². The van der Waals surface area contributed by atoms with E-state index in [1.54, 1.807) is 36.9 Å². The largest absolute Gasteiger partial charge is 0.324 e. The van der Waals surface area contributed by atoms with E-state index in [1.807, 2.05) is 0 Å². The molecule has 1 aromatic carbocycles. The molecule has 1 fully saturated rings. The summed E-state index contributed by atoms with van der Waals surface area (Å²) in [5.74, 6) is -1.29. The summed E-state index contributed by atoms with van der Waals surface area (Å²) in [6.07, 6.45) is 1.29. The highest BCUT2D eigenvalue weighted by Gasteiger charge is 2.23. The minimum Gasteiger partial charge on any atom is -0.324 e. The Morgan fingerprint density at radius 1 is 1.38 bits per heavy atom. The maximum atomic E-state index is 12.0. The molecule has 0 radical (unpaired) electrons. The third kappa shape index (κ3) is 4.95. The first-order valence-corrected chi connectivity index (χ1v) is 9.98. The van der Waals surface area contributed by atoms with E-state index in [9.17, 15) is 18.0 Å². The lowest BCUT2D eigenvalue weighted by Crippen LogP contribution is -2.27.